The predicted octanol–water partition coefficient (Wildman–Crippen LogP) is 7.25. The Morgan fingerprint density at radius 3 is 2.21 bits per heavy atom. The number of aryl methyl sites for hydroxylation is 1. The number of nitrogens with one attached hydrogen (secondary N) is 1. The van der Waals surface area contributed by atoms with Gasteiger partial charge < -0.3 is 14.8 Å². The van der Waals surface area contributed by atoms with E-state index in [0.717, 1.165) is 27.7 Å². The molecule has 0 heterocycles. The Kier molecular flexibility index (Phi) is 7.84. The van der Waals surface area contributed by atoms with Crippen LogP contribution in [0.25, 0.3) is 0 Å². The Morgan fingerprint density at radius 2 is 1.55 bits per heavy atom. The average Bonchev–Trinajstić information content (AvgIpc) is 2.73. The lowest BCUT2D eigenvalue weighted by atomic mass is 10.1. The minimum absolute atomic E-state index is 0.425. The van der Waals surface area contributed by atoms with E-state index in [1.807, 2.05) is 43.3 Å². The number of anilines is 1. The highest BCUT2D eigenvalue weighted by Crippen LogP contribution is 2.37. The quantitative estimate of drug-likeness (QED) is 0.354. The summed E-state index contributed by atoms with van der Waals surface area (Å²) in [6.45, 7) is 5.72. The Labute approximate surface area is 186 Å². The number of ether oxygens (including phenoxy) is 2. The van der Waals surface area contributed by atoms with Gasteiger partial charge in [-0.15, -0.1) is 0 Å². The lowest BCUT2D eigenvalue weighted by Gasteiger charge is -2.16. The highest BCUT2D eigenvalue weighted by atomic mass is 79.9. The van der Waals surface area contributed by atoms with Crippen molar-refractivity contribution in [2.75, 3.05) is 11.9 Å². The van der Waals surface area contributed by atoms with E-state index in [4.69, 9.17) is 21.1 Å². The minimum Gasteiger partial charge on any atom is -0.490 e. The maximum atomic E-state index is 6.54. The van der Waals surface area contributed by atoms with Crippen LogP contribution in [-0.4, -0.2) is 6.61 Å². The zero-order valence-corrected chi connectivity index (χ0v) is 19.0. The first-order valence-corrected chi connectivity index (χ1v) is 10.9. The van der Waals surface area contributed by atoms with E-state index in [9.17, 15) is 0 Å². The van der Waals surface area contributed by atoms with Crippen LogP contribution < -0.4 is 14.8 Å². The predicted molar refractivity (Wildman–Crippen MR) is 124 cm³/mol. The fraction of sp³-hybridized carbons (Fsp3) is 0.250. The smallest absolute Gasteiger partial charge is 0.180 e. The highest BCUT2D eigenvalue weighted by Gasteiger charge is 2.13. The summed E-state index contributed by atoms with van der Waals surface area (Å²) in [6, 6.07) is 20.4. The molecule has 0 aliphatic heterocycles. The Balaban J connectivity index is 1.71. The van der Waals surface area contributed by atoms with E-state index in [1.165, 1.54) is 5.56 Å². The van der Waals surface area contributed by atoms with Gasteiger partial charge in [-0.25, -0.2) is 0 Å². The van der Waals surface area contributed by atoms with Crippen molar-refractivity contribution in [3.8, 4) is 11.5 Å². The lowest BCUT2D eigenvalue weighted by molar-refractivity contribution is 0.269. The fourth-order valence-corrected chi connectivity index (χ4v) is 3.48. The van der Waals surface area contributed by atoms with Gasteiger partial charge in [0, 0.05) is 16.7 Å². The van der Waals surface area contributed by atoms with Crippen LogP contribution in [-0.2, 0) is 19.6 Å². The van der Waals surface area contributed by atoms with Gasteiger partial charge >= 0.3 is 0 Å². The summed E-state index contributed by atoms with van der Waals surface area (Å²) in [4.78, 5) is 0. The summed E-state index contributed by atoms with van der Waals surface area (Å²) in [7, 11) is 0. The van der Waals surface area contributed by atoms with E-state index < -0.39 is 0 Å². The molecule has 0 fully saturated rings. The van der Waals surface area contributed by atoms with Crippen molar-refractivity contribution in [2.24, 2.45) is 0 Å². The molecule has 0 saturated carbocycles. The molecule has 0 radical (unpaired) electrons. The molecular formula is C24H25BrClNO2. The molecule has 0 amide bonds. The average molecular weight is 475 g/mol. The van der Waals surface area contributed by atoms with Gasteiger partial charge in [-0.3, -0.25) is 0 Å². The van der Waals surface area contributed by atoms with Crippen LogP contribution >= 0.6 is 27.5 Å². The first-order chi connectivity index (χ1) is 14.1. The summed E-state index contributed by atoms with van der Waals surface area (Å²) in [6.07, 6.45) is 1.04. The Hall–Kier alpha value is -2.17. The third kappa shape index (κ3) is 6.15. The van der Waals surface area contributed by atoms with Gasteiger partial charge in [0.05, 0.1) is 11.6 Å². The van der Waals surface area contributed by atoms with Gasteiger partial charge in [0.25, 0.3) is 0 Å². The SMILES string of the molecule is CCOc1cc(CNc2ccc(CC)cc2)cc(Cl)c1OCc1ccc(Br)cc1. The van der Waals surface area contributed by atoms with Crippen molar-refractivity contribution in [1.82, 2.24) is 0 Å². The molecule has 3 rings (SSSR count). The van der Waals surface area contributed by atoms with Gasteiger partial charge in [0.1, 0.15) is 6.61 Å². The summed E-state index contributed by atoms with van der Waals surface area (Å²) in [5.41, 5.74) is 4.50. The van der Waals surface area contributed by atoms with E-state index in [0.29, 0.717) is 36.3 Å². The van der Waals surface area contributed by atoms with Crippen LogP contribution in [0, 0.1) is 0 Å². The summed E-state index contributed by atoms with van der Waals surface area (Å²) < 4.78 is 12.8. The summed E-state index contributed by atoms with van der Waals surface area (Å²) in [5.74, 6) is 1.24. The maximum absolute atomic E-state index is 6.54. The fourth-order valence-electron chi connectivity index (χ4n) is 2.93. The molecule has 1 N–H and O–H groups in total. The van der Waals surface area contributed by atoms with E-state index in [1.54, 1.807) is 0 Å². The molecule has 5 heteroatoms. The number of hydrogen-bond acceptors (Lipinski definition) is 3. The molecule has 152 valence electrons. The second-order valence-corrected chi connectivity index (χ2v) is 7.98. The standard InChI is InChI=1S/C24H25BrClNO2/c1-3-17-7-11-21(12-8-17)27-15-19-13-22(26)24(23(14-19)28-4-2)29-16-18-5-9-20(25)10-6-18/h5-14,27H,3-4,15-16H2,1-2H3. The van der Waals surface area contributed by atoms with Gasteiger partial charge in [-0.1, -0.05) is 58.7 Å². The molecule has 0 bridgehead atoms. The molecule has 29 heavy (non-hydrogen) atoms. The van der Waals surface area contributed by atoms with Crippen molar-refractivity contribution < 1.29 is 9.47 Å². The number of benzene rings is 3. The minimum atomic E-state index is 0.425. The largest absolute Gasteiger partial charge is 0.490 e. The molecule has 0 aromatic heterocycles. The molecular weight excluding hydrogens is 450 g/mol. The normalized spacial score (nSPS) is 10.6. The van der Waals surface area contributed by atoms with Gasteiger partial charge in [-0.05, 0) is 66.4 Å². The van der Waals surface area contributed by atoms with Crippen LogP contribution in [0.5, 0.6) is 11.5 Å². The molecule has 0 atom stereocenters. The molecule has 0 aliphatic rings. The first-order valence-electron chi connectivity index (χ1n) is 9.74. The Bertz CT molecular complexity index is 927. The van der Waals surface area contributed by atoms with Crippen LogP contribution in [0.3, 0.4) is 0 Å². The van der Waals surface area contributed by atoms with Crippen molar-refractivity contribution >= 4 is 33.2 Å². The Morgan fingerprint density at radius 1 is 0.862 bits per heavy atom. The third-order valence-corrected chi connectivity index (χ3v) is 5.33. The molecule has 0 saturated heterocycles. The maximum Gasteiger partial charge on any atom is 0.180 e. The van der Waals surface area contributed by atoms with Crippen molar-refractivity contribution in [1.29, 1.82) is 0 Å². The second-order valence-electron chi connectivity index (χ2n) is 6.66. The lowest BCUT2D eigenvalue weighted by Crippen LogP contribution is -2.04. The summed E-state index contributed by atoms with van der Waals surface area (Å²) in [5, 5.41) is 3.98. The molecule has 3 aromatic rings. The van der Waals surface area contributed by atoms with E-state index in [-0.39, 0.29) is 0 Å². The first kappa shape index (κ1) is 21.5. The van der Waals surface area contributed by atoms with Crippen LogP contribution in [0.1, 0.15) is 30.5 Å². The van der Waals surface area contributed by atoms with Gasteiger partial charge in [0.2, 0.25) is 0 Å². The van der Waals surface area contributed by atoms with Crippen LogP contribution in [0.15, 0.2) is 65.1 Å². The number of rotatable bonds is 9. The van der Waals surface area contributed by atoms with Gasteiger partial charge in [-0.2, -0.15) is 0 Å². The molecule has 0 unspecified atom stereocenters. The molecule has 3 aromatic carbocycles. The second kappa shape index (κ2) is 10.6. The molecule has 3 nitrogen and oxygen atoms in total. The zero-order valence-electron chi connectivity index (χ0n) is 16.7. The van der Waals surface area contributed by atoms with E-state index >= 15 is 0 Å². The third-order valence-electron chi connectivity index (χ3n) is 4.52. The zero-order chi connectivity index (χ0) is 20.6. The highest BCUT2D eigenvalue weighted by molar-refractivity contribution is 9.10. The van der Waals surface area contributed by atoms with Gasteiger partial charge in [0.15, 0.2) is 11.5 Å². The topological polar surface area (TPSA) is 30.5 Å². The number of hydrogen-bond donors (Lipinski definition) is 1. The van der Waals surface area contributed by atoms with E-state index in [2.05, 4.69) is 52.4 Å². The van der Waals surface area contributed by atoms with Crippen molar-refractivity contribution in [2.45, 2.75) is 33.4 Å². The molecule has 0 spiro atoms. The van der Waals surface area contributed by atoms with Crippen LogP contribution in [0.2, 0.25) is 5.02 Å². The number of halogens is 2. The van der Waals surface area contributed by atoms with Crippen molar-refractivity contribution in [3.63, 3.8) is 0 Å². The van der Waals surface area contributed by atoms with Crippen LogP contribution in [0.4, 0.5) is 5.69 Å². The monoisotopic (exact) mass is 473 g/mol. The summed E-state index contributed by atoms with van der Waals surface area (Å²) >= 11 is 9.99. The van der Waals surface area contributed by atoms with Crippen molar-refractivity contribution in [3.05, 3.63) is 86.8 Å². The molecule has 0 aliphatic carbocycles.